The molecular weight excluding hydrogens is 520 g/mol. The predicted octanol–water partition coefficient (Wildman–Crippen LogP) is 11.5. The first kappa shape index (κ1) is 14.8. The number of hydrogen-bond acceptors (Lipinski definition) is 1. The van der Waals surface area contributed by atoms with Crippen molar-refractivity contribution in [3.8, 4) is 22.3 Å². The highest BCUT2D eigenvalue weighted by Crippen LogP contribution is 2.48. The zero-order chi connectivity index (χ0) is 39.6. The van der Waals surface area contributed by atoms with E-state index in [4.69, 9.17) is 16.8 Å². The summed E-state index contributed by atoms with van der Waals surface area (Å²) in [5.74, 6) is -0.900. The molecule has 0 fully saturated rings. The van der Waals surface area contributed by atoms with Crippen molar-refractivity contribution in [3.63, 3.8) is 0 Å². The molecule has 0 saturated carbocycles. The molecule has 0 aliphatic heterocycles. The maximum absolute atomic E-state index is 9.80. The minimum Gasteiger partial charge on any atom is -0.461 e. The van der Waals surface area contributed by atoms with Gasteiger partial charge in [0.1, 0.15) is 11.3 Å². The fraction of sp³-hybridized carbons (Fsp3) is 0.0952. The van der Waals surface area contributed by atoms with Crippen molar-refractivity contribution >= 4 is 43.3 Å². The normalized spacial score (nSPS) is 24.3. The number of furan rings is 1. The van der Waals surface area contributed by atoms with Crippen LogP contribution >= 0.6 is 0 Å². The molecule has 1 heteroatoms. The van der Waals surface area contributed by atoms with Gasteiger partial charge in [0.15, 0.2) is 0 Å². The van der Waals surface area contributed by atoms with E-state index in [1.807, 2.05) is 18.2 Å². The van der Waals surface area contributed by atoms with Gasteiger partial charge in [-0.05, 0) is 84.9 Å². The molecule has 4 atom stereocenters. The SMILES string of the molecule is [2H]c1c([2H])c(-c2ccccc2)c2c3c(oc2c1[2H])C([2H])C(c1c2ccccc2c(-c2c([2H])c([2H])c([2H])c4c([2H])c([2H])c([2H])c([2H])c24)c2ccccc12)C([2H])C3[2H]. The Morgan fingerprint density at radius 1 is 0.628 bits per heavy atom. The summed E-state index contributed by atoms with van der Waals surface area (Å²) < 4.78 is 123. The molecule has 1 aromatic heterocycles. The molecule has 1 heterocycles. The van der Waals surface area contributed by atoms with E-state index < -0.39 is 61.4 Å². The van der Waals surface area contributed by atoms with Crippen LogP contribution in [0.15, 0.2) is 144 Å². The van der Waals surface area contributed by atoms with Gasteiger partial charge in [-0.25, -0.2) is 0 Å². The van der Waals surface area contributed by atoms with Gasteiger partial charge < -0.3 is 4.42 Å². The van der Waals surface area contributed by atoms with Gasteiger partial charge in [-0.3, -0.25) is 0 Å². The van der Waals surface area contributed by atoms with E-state index in [1.165, 1.54) is 0 Å². The molecule has 8 aromatic rings. The molecule has 7 aromatic carbocycles. The van der Waals surface area contributed by atoms with Crippen LogP contribution in [-0.2, 0) is 12.8 Å². The molecule has 43 heavy (non-hydrogen) atoms. The first-order valence-corrected chi connectivity index (χ1v) is 14.1. The molecule has 1 nitrogen and oxygen atoms in total. The minimum absolute atomic E-state index is 0.00859. The number of benzene rings is 7. The van der Waals surface area contributed by atoms with Gasteiger partial charge in [0, 0.05) is 21.5 Å². The van der Waals surface area contributed by atoms with Crippen LogP contribution in [0.2, 0.25) is 0 Å². The molecule has 0 N–H and O–H groups in total. The number of fused-ring (bicyclic) bond motifs is 6. The van der Waals surface area contributed by atoms with E-state index >= 15 is 0 Å². The zero-order valence-corrected chi connectivity index (χ0v) is 22.7. The second-order valence-corrected chi connectivity index (χ2v) is 10.6. The quantitative estimate of drug-likeness (QED) is 0.195. The van der Waals surface area contributed by atoms with Crippen molar-refractivity contribution in [1.82, 2.24) is 0 Å². The Hall–Kier alpha value is -5.14. The van der Waals surface area contributed by atoms with Crippen LogP contribution in [0.3, 0.4) is 0 Å². The second kappa shape index (κ2) is 9.71. The van der Waals surface area contributed by atoms with Crippen LogP contribution in [0.1, 0.15) is 47.0 Å². The Balaban J connectivity index is 1.37. The molecule has 0 saturated heterocycles. The Morgan fingerprint density at radius 2 is 1.28 bits per heavy atom. The summed E-state index contributed by atoms with van der Waals surface area (Å²) in [4.78, 5) is 0. The predicted molar refractivity (Wildman–Crippen MR) is 181 cm³/mol. The number of hydrogen-bond donors (Lipinski definition) is 0. The van der Waals surface area contributed by atoms with Crippen LogP contribution in [0.5, 0.6) is 0 Å². The summed E-state index contributed by atoms with van der Waals surface area (Å²) in [5, 5.41) is 2.24. The van der Waals surface area contributed by atoms with E-state index in [1.54, 1.807) is 60.7 Å². The fourth-order valence-corrected chi connectivity index (χ4v) is 6.51. The first-order chi connectivity index (χ1) is 26.8. The van der Waals surface area contributed by atoms with Crippen LogP contribution in [0.25, 0.3) is 65.5 Å². The summed E-state index contributed by atoms with van der Waals surface area (Å²) in [7, 11) is 0. The Bertz CT molecular complexity index is 2930. The smallest absolute Gasteiger partial charge is 0.135 e. The fourth-order valence-electron chi connectivity index (χ4n) is 6.51. The van der Waals surface area contributed by atoms with Gasteiger partial charge >= 0.3 is 0 Å². The third kappa shape index (κ3) is 3.78. The van der Waals surface area contributed by atoms with Gasteiger partial charge in [-0.2, -0.15) is 0 Å². The molecule has 0 spiro atoms. The van der Waals surface area contributed by atoms with Crippen LogP contribution in [-0.4, -0.2) is 0 Å². The van der Waals surface area contributed by atoms with Crippen LogP contribution in [0.4, 0.5) is 0 Å². The van der Waals surface area contributed by atoms with Crippen molar-refractivity contribution in [2.24, 2.45) is 0 Å². The van der Waals surface area contributed by atoms with Gasteiger partial charge in [0.25, 0.3) is 0 Å². The highest BCUT2D eigenvalue weighted by molar-refractivity contribution is 6.18. The monoisotopic (exact) mass is 563 g/mol. The topological polar surface area (TPSA) is 13.1 Å². The van der Waals surface area contributed by atoms with Gasteiger partial charge in [0.2, 0.25) is 0 Å². The molecule has 4 unspecified atom stereocenters. The van der Waals surface area contributed by atoms with Crippen LogP contribution < -0.4 is 0 Å². The van der Waals surface area contributed by atoms with Crippen molar-refractivity contribution in [2.45, 2.75) is 25.1 Å². The molecule has 0 bridgehead atoms. The molecule has 0 radical (unpaired) electrons. The largest absolute Gasteiger partial charge is 0.461 e. The average Bonchev–Trinajstić information content (AvgIpc) is 3.61. The lowest BCUT2D eigenvalue weighted by atomic mass is 9.77. The van der Waals surface area contributed by atoms with Crippen molar-refractivity contribution < 1.29 is 22.2 Å². The standard InChI is InChI=1S/C42H30O/c1-2-12-28(13-3-1)31-21-11-23-38-42(31)37-25-24-29(26-39(37)43-38)40-33-17-6-8-19-35(33)41(36-20-9-7-18-34(36)40)32-22-10-15-27-14-4-5-16-30(27)32/h1-23,29H,24-26H2/i4D,5D,10D,11D,14D,15D,16D,21D,22D,23D,24D,25D,26D. The third-order valence-corrected chi connectivity index (χ3v) is 8.32. The molecule has 1 aliphatic rings. The van der Waals surface area contributed by atoms with Crippen LogP contribution in [0, 0.1) is 0 Å². The summed E-state index contributed by atoms with van der Waals surface area (Å²) in [6, 6.07) is 19.0. The maximum Gasteiger partial charge on any atom is 0.135 e. The zero-order valence-electron chi connectivity index (χ0n) is 35.7. The third-order valence-electron chi connectivity index (χ3n) is 8.32. The lowest BCUT2D eigenvalue weighted by molar-refractivity contribution is 0.474. The molecular formula is C42H30O. The molecule has 204 valence electrons. The molecule has 9 rings (SSSR count). The molecule has 1 aliphatic carbocycles. The molecule has 0 amide bonds. The highest BCUT2D eigenvalue weighted by atomic mass is 16.3. The minimum atomic E-state index is -1.29. The van der Waals surface area contributed by atoms with E-state index in [2.05, 4.69) is 0 Å². The Morgan fingerprint density at radius 3 is 2.07 bits per heavy atom. The summed E-state index contributed by atoms with van der Waals surface area (Å²) in [6.07, 6.45) is -3.82. The van der Waals surface area contributed by atoms with Crippen molar-refractivity contribution in [2.75, 3.05) is 0 Å². The Labute approximate surface area is 269 Å². The first-order valence-electron chi connectivity index (χ1n) is 20.8. The second-order valence-electron chi connectivity index (χ2n) is 10.6. The van der Waals surface area contributed by atoms with Gasteiger partial charge in [0.05, 0.1) is 13.7 Å². The van der Waals surface area contributed by atoms with E-state index in [0.29, 0.717) is 49.2 Å². The van der Waals surface area contributed by atoms with E-state index in [-0.39, 0.29) is 57.4 Å². The summed E-state index contributed by atoms with van der Waals surface area (Å²) >= 11 is 0. The van der Waals surface area contributed by atoms with Crippen molar-refractivity contribution in [1.29, 1.82) is 0 Å². The number of rotatable bonds is 3. The average molecular weight is 564 g/mol. The number of aryl methyl sites for hydroxylation is 1. The Kier molecular flexibility index (Phi) is 3.35. The van der Waals surface area contributed by atoms with E-state index in [0.717, 1.165) is 0 Å². The van der Waals surface area contributed by atoms with Gasteiger partial charge in [-0.15, -0.1) is 0 Å². The van der Waals surface area contributed by atoms with Crippen molar-refractivity contribution in [3.05, 3.63) is 156 Å². The highest BCUT2D eigenvalue weighted by Gasteiger charge is 2.30. The van der Waals surface area contributed by atoms with Gasteiger partial charge in [-0.1, -0.05) is 133 Å². The van der Waals surface area contributed by atoms with E-state index in [9.17, 15) is 5.48 Å². The summed E-state index contributed by atoms with van der Waals surface area (Å²) in [6.45, 7) is 0. The lowest BCUT2D eigenvalue weighted by Gasteiger charge is -2.26. The maximum atomic E-state index is 9.80. The lowest BCUT2D eigenvalue weighted by Crippen LogP contribution is -2.12. The summed E-state index contributed by atoms with van der Waals surface area (Å²) in [5.41, 5.74) is 2.16.